The van der Waals surface area contributed by atoms with Crippen molar-refractivity contribution in [1.29, 1.82) is 0 Å². The number of benzene rings is 9. The Kier molecular flexibility index (Phi) is 6.23. The maximum absolute atomic E-state index is 6.46. The van der Waals surface area contributed by atoms with Crippen molar-refractivity contribution in [3.05, 3.63) is 170 Å². The SMILES string of the molecule is CCc1nc2cccc3c2n1-c1cc(-c2ccc4c(-c5ccc6ccccc6c5)c5ccccc5c(-c5ccc6ccccc6c5)c4c2)ccc1O3. The Morgan fingerprint density at radius 2 is 1.04 bits per heavy atom. The van der Waals surface area contributed by atoms with Crippen LogP contribution in [-0.2, 0) is 6.42 Å². The minimum Gasteiger partial charge on any atom is -0.453 e. The summed E-state index contributed by atoms with van der Waals surface area (Å²) in [4.78, 5) is 4.98. The molecular formula is C49H32N2O. The van der Waals surface area contributed by atoms with E-state index in [9.17, 15) is 0 Å². The van der Waals surface area contributed by atoms with E-state index in [-0.39, 0.29) is 0 Å². The second-order valence-electron chi connectivity index (χ2n) is 13.8. The van der Waals surface area contributed by atoms with Crippen molar-refractivity contribution < 1.29 is 4.74 Å². The molecule has 11 rings (SSSR count). The molecule has 0 saturated heterocycles. The summed E-state index contributed by atoms with van der Waals surface area (Å²) >= 11 is 0. The van der Waals surface area contributed by atoms with E-state index < -0.39 is 0 Å². The first-order valence-corrected chi connectivity index (χ1v) is 18.0. The Morgan fingerprint density at radius 1 is 0.462 bits per heavy atom. The smallest absolute Gasteiger partial charge is 0.153 e. The molecule has 10 aromatic rings. The van der Waals surface area contributed by atoms with Gasteiger partial charge in [-0.05, 0) is 119 Å². The number of hydrogen-bond acceptors (Lipinski definition) is 2. The zero-order chi connectivity index (χ0) is 34.3. The molecule has 52 heavy (non-hydrogen) atoms. The number of imidazole rings is 1. The first-order valence-electron chi connectivity index (χ1n) is 18.0. The van der Waals surface area contributed by atoms with E-state index >= 15 is 0 Å². The molecule has 0 amide bonds. The van der Waals surface area contributed by atoms with Crippen molar-refractivity contribution in [2.75, 3.05) is 0 Å². The molecule has 0 unspecified atom stereocenters. The molecule has 0 saturated carbocycles. The number of aromatic nitrogens is 2. The maximum Gasteiger partial charge on any atom is 0.153 e. The lowest BCUT2D eigenvalue weighted by molar-refractivity contribution is 0.474. The predicted octanol–water partition coefficient (Wildman–Crippen LogP) is 13.3. The third kappa shape index (κ3) is 4.29. The molecule has 0 radical (unpaired) electrons. The summed E-state index contributed by atoms with van der Waals surface area (Å²) in [7, 11) is 0. The first kappa shape index (κ1) is 29.1. The highest BCUT2D eigenvalue weighted by atomic mass is 16.5. The second kappa shape index (κ2) is 11.1. The largest absolute Gasteiger partial charge is 0.453 e. The van der Waals surface area contributed by atoms with Gasteiger partial charge in [-0.3, -0.25) is 4.57 Å². The Hall–Kier alpha value is -6.71. The van der Waals surface area contributed by atoms with Crippen LogP contribution < -0.4 is 4.74 Å². The van der Waals surface area contributed by atoms with Crippen molar-refractivity contribution in [2.45, 2.75) is 13.3 Å². The van der Waals surface area contributed by atoms with Crippen molar-refractivity contribution in [3.8, 4) is 50.6 Å². The molecule has 0 aliphatic carbocycles. The van der Waals surface area contributed by atoms with Gasteiger partial charge < -0.3 is 4.74 Å². The zero-order valence-electron chi connectivity index (χ0n) is 28.6. The van der Waals surface area contributed by atoms with Gasteiger partial charge in [0, 0.05) is 6.42 Å². The minimum absolute atomic E-state index is 0.827. The molecule has 0 spiro atoms. The van der Waals surface area contributed by atoms with Gasteiger partial charge >= 0.3 is 0 Å². The number of rotatable bonds is 4. The number of fused-ring (bicyclic) bond motifs is 6. The third-order valence-corrected chi connectivity index (χ3v) is 10.9. The van der Waals surface area contributed by atoms with Gasteiger partial charge in [0.2, 0.25) is 0 Å². The van der Waals surface area contributed by atoms with Crippen LogP contribution in [0.1, 0.15) is 12.7 Å². The fraction of sp³-hybridized carbons (Fsp3) is 0.0408. The maximum atomic E-state index is 6.46. The monoisotopic (exact) mass is 664 g/mol. The molecule has 1 aliphatic rings. The highest BCUT2D eigenvalue weighted by molar-refractivity contribution is 6.22. The van der Waals surface area contributed by atoms with Crippen LogP contribution in [0.2, 0.25) is 0 Å². The van der Waals surface area contributed by atoms with Gasteiger partial charge in [-0.1, -0.05) is 128 Å². The van der Waals surface area contributed by atoms with Crippen LogP contribution in [0.4, 0.5) is 0 Å². The van der Waals surface area contributed by atoms with Crippen molar-refractivity contribution in [1.82, 2.24) is 9.55 Å². The standard InChI is InChI=1S/C49H32N2O/c1-2-46-50-42-16-9-17-45-49(42)51(46)43-29-35(23-25-44(43)52-45)34-22-24-40-41(28-34)48(37-21-19-31-11-4-6-13-33(31)27-37)39-15-8-7-14-38(39)47(40)36-20-18-30-10-3-5-12-32(30)26-36/h3-29H,2H2,1H3. The average molecular weight is 665 g/mol. The van der Waals surface area contributed by atoms with Gasteiger partial charge in [0.05, 0.1) is 11.2 Å². The van der Waals surface area contributed by atoms with Crippen LogP contribution >= 0.6 is 0 Å². The Balaban J connectivity index is 1.20. The van der Waals surface area contributed by atoms with Gasteiger partial charge in [0.1, 0.15) is 11.3 Å². The summed E-state index contributed by atoms with van der Waals surface area (Å²) < 4.78 is 8.75. The normalized spacial score (nSPS) is 12.2. The molecule has 1 aliphatic heterocycles. The highest BCUT2D eigenvalue weighted by Gasteiger charge is 2.25. The predicted molar refractivity (Wildman–Crippen MR) is 217 cm³/mol. The number of hydrogen-bond donors (Lipinski definition) is 0. The van der Waals surface area contributed by atoms with Gasteiger partial charge in [-0.2, -0.15) is 0 Å². The van der Waals surface area contributed by atoms with E-state index in [1.807, 2.05) is 12.1 Å². The van der Waals surface area contributed by atoms with Crippen LogP contribution in [0.3, 0.4) is 0 Å². The van der Waals surface area contributed by atoms with Crippen LogP contribution in [0.5, 0.6) is 11.5 Å². The molecule has 0 atom stereocenters. The van der Waals surface area contributed by atoms with Crippen molar-refractivity contribution in [2.24, 2.45) is 0 Å². The van der Waals surface area contributed by atoms with Gasteiger partial charge in [0.25, 0.3) is 0 Å². The van der Waals surface area contributed by atoms with E-state index in [0.717, 1.165) is 51.6 Å². The van der Waals surface area contributed by atoms with Gasteiger partial charge in [0.15, 0.2) is 11.5 Å². The van der Waals surface area contributed by atoms with Crippen molar-refractivity contribution >= 4 is 54.1 Å². The zero-order valence-corrected chi connectivity index (χ0v) is 28.6. The molecule has 244 valence electrons. The fourth-order valence-electron chi connectivity index (χ4n) is 8.47. The lowest BCUT2D eigenvalue weighted by Gasteiger charge is -2.22. The third-order valence-electron chi connectivity index (χ3n) is 10.9. The highest BCUT2D eigenvalue weighted by Crippen LogP contribution is 2.47. The van der Waals surface area contributed by atoms with E-state index in [1.165, 1.54) is 65.3 Å². The van der Waals surface area contributed by atoms with E-state index in [2.05, 4.69) is 163 Å². The molecule has 3 nitrogen and oxygen atoms in total. The topological polar surface area (TPSA) is 27.1 Å². The summed E-state index contributed by atoms with van der Waals surface area (Å²) in [6.07, 6.45) is 0.827. The summed E-state index contributed by atoms with van der Waals surface area (Å²) in [6.45, 7) is 2.17. The Bertz CT molecular complexity index is 3100. The van der Waals surface area contributed by atoms with Gasteiger partial charge in [-0.25, -0.2) is 4.98 Å². The lowest BCUT2D eigenvalue weighted by atomic mass is 9.84. The average Bonchev–Trinajstić information content (AvgIpc) is 3.59. The summed E-state index contributed by atoms with van der Waals surface area (Å²) in [5, 5.41) is 9.93. The molecule has 0 fully saturated rings. The molecule has 2 heterocycles. The summed E-state index contributed by atoms with van der Waals surface area (Å²) in [5.74, 6) is 2.73. The van der Waals surface area contributed by atoms with Crippen LogP contribution in [0, 0.1) is 0 Å². The van der Waals surface area contributed by atoms with Crippen LogP contribution in [0.15, 0.2) is 164 Å². The molecular weight excluding hydrogens is 633 g/mol. The number of para-hydroxylation sites is 1. The molecule has 0 bridgehead atoms. The quantitative estimate of drug-likeness (QED) is 0.175. The van der Waals surface area contributed by atoms with Crippen molar-refractivity contribution in [3.63, 3.8) is 0 Å². The van der Waals surface area contributed by atoms with E-state index in [0.29, 0.717) is 0 Å². The van der Waals surface area contributed by atoms with Crippen LogP contribution in [0.25, 0.3) is 93.2 Å². The Morgan fingerprint density at radius 3 is 1.73 bits per heavy atom. The fourth-order valence-corrected chi connectivity index (χ4v) is 8.47. The Labute approximate surface area is 301 Å². The van der Waals surface area contributed by atoms with E-state index in [1.54, 1.807) is 0 Å². The molecule has 3 heteroatoms. The summed E-state index contributed by atoms with van der Waals surface area (Å²) in [6, 6.07) is 59.7. The number of nitrogens with zero attached hydrogens (tertiary/aromatic N) is 2. The molecule has 1 aromatic heterocycles. The summed E-state index contributed by atoms with van der Waals surface area (Å²) in [5.41, 5.74) is 10.3. The number of ether oxygens (including phenoxy) is 1. The van der Waals surface area contributed by atoms with Gasteiger partial charge in [-0.15, -0.1) is 0 Å². The van der Waals surface area contributed by atoms with Crippen LogP contribution in [-0.4, -0.2) is 9.55 Å². The molecule has 9 aromatic carbocycles. The second-order valence-corrected chi connectivity index (χ2v) is 13.8. The number of aryl methyl sites for hydroxylation is 1. The first-order chi connectivity index (χ1) is 25.7. The van der Waals surface area contributed by atoms with E-state index in [4.69, 9.17) is 9.72 Å². The molecule has 0 N–H and O–H groups in total. The lowest BCUT2D eigenvalue weighted by Crippen LogP contribution is -2.07. The minimum atomic E-state index is 0.827.